The van der Waals surface area contributed by atoms with E-state index in [2.05, 4.69) is 38.1 Å². The fourth-order valence-corrected chi connectivity index (χ4v) is 3.12. The van der Waals surface area contributed by atoms with E-state index in [1.54, 1.807) is 25.5 Å². The van der Waals surface area contributed by atoms with Crippen LogP contribution in [0.25, 0.3) is 0 Å². The lowest BCUT2D eigenvalue weighted by atomic mass is 10.1. The van der Waals surface area contributed by atoms with Crippen LogP contribution in [0.15, 0.2) is 34.6 Å². The van der Waals surface area contributed by atoms with Gasteiger partial charge in [0.2, 0.25) is 0 Å². The van der Waals surface area contributed by atoms with Crippen LogP contribution in [0, 0.1) is 6.92 Å². The molecule has 2 rings (SSSR count). The summed E-state index contributed by atoms with van der Waals surface area (Å²) in [4.78, 5) is 8.74. The van der Waals surface area contributed by atoms with Crippen molar-refractivity contribution in [3.05, 3.63) is 45.9 Å². The van der Waals surface area contributed by atoms with Crippen molar-refractivity contribution >= 4 is 41.3 Å². The van der Waals surface area contributed by atoms with Crippen molar-refractivity contribution in [1.29, 1.82) is 0 Å². The minimum absolute atomic E-state index is 0. The van der Waals surface area contributed by atoms with Gasteiger partial charge < -0.3 is 15.4 Å². The molecule has 1 aromatic heterocycles. The number of hydrogen-bond donors (Lipinski definition) is 2. The van der Waals surface area contributed by atoms with Gasteiger partial charge in [-0.2, -0.15) is 0 Å². The quantitative estimate of drug-likeness (QED) is 0.267. The number of nitrogens with one attached hydrogen (secondary N) is 2. The van der Waals surface area contributed by atoms with Crippen LogP contribution in [0.2, 0.25) is 0 Å². The molecule has 1 heterocycles. The lowest BCUT2D eigenvalue weighted by molar-refractivity contribution is 0.414. The molecule has 0 aliphatic carbocycles. The summed E-state index contributed by atoms with van der Waals surface area (Å²) in [5.74, 6) is 1.73. The highest BCUT2D eigenvalue weighted by molar-refractivity contribution is 14.0. The van der Waals surface area contributed by atoms with Crippen molar-refractivity contribution in [1.82, 2.24) is 15.6 Å². The number of aliphatic imine (C=N–C) groups is 1. The van der Waals surface area contributed by atoms with Crippen LogP contribution in [-0.4, -0.2) is 38.2 Å². The molecule has 0 fully saturated rings. The van der Waals surface area contributed by atoms with Gasteiger partial charge >= 0.3 is 0 Å². The minimum Gasteiger partial charge on any atom is -0.497 e. The van der Waals surface area contributed by atoms with Gasteiger partial charge in [-0.1, -0.05) is 12.1 Å². The summed E-state index contributed by atoms with van der Waals surface area (Å²) >= 11 is 1.73. The summed E-state index contributed by atoms with van der Waals surface area (Å²) in [6.07, 6.45) is 3.00. The first-order valence-electron chi connectivity index (χ1n) is 8.19. The van der Waals surface area contributed by atoms with Crippen molar-refractivity contribution in [2.45, 2.75) is 26.2 Å². The molecule has 0 saturated heterocycles. The summed E-state index contributed by atoms with van der Waals surface area (Å²) < 4.78 is 5.17. The molecule has 0 amide bonds. The lowest BCUT2D eigenvalue weighted by Gasteiger charge is -2.11. The first-order chi connectivity index (χ1) is 11.7. The zero-order valence-electron chi connectivity index (χ0n) is 15.0. The molecular weight excluding hydrogens is 447 g/mol. The second-order valence-corrected chi connectivity index (χ2v) is 6.45. The number of hydrogen-bond acceptors (Lipinski definition) is 4. The van der Waals surface area contributed by atoms with Crippen molar-refractivity contribution < 1.29 is 4.74 Å². The minimum atomic E-state index is 0. The molecule has 0 radical (unpaired) electrons. The summed E-state index contributed by atoms with van der Waals surface area (Å²) in [6.45, 7) is 3.77. The Bertz CT molecular complexity index is 643. The topological polar surface area (TPSA) is 58.5 Å². The maximum absolute atomic E-state index is 5.17. The zero-order valence-corrected chi connectivity index (χ0v) is 18.2. The largest absolute Gasteiger partial charge is 0.497 e. The van der Waals surface area contributed by atoms with E-state index in [0.717, 1.165) is 49.8 Å². The Morgan fingerprint density at radius 3 is 2.48 bits per heavy atom. The Hall–Kier alpha value is -1.35. The Labute approximate surface area is 171 Å². The third-order valence-corrected chi connectivity index (χ3v) is 4.64. The fourth-order valence-electron chi connectivity index (χ4n) is 2.30. The average Bonchev–Trinajstić information content (AvgIpc) is 3.03. The number of halogens is 1. The lowest BCUT2D eigenvalue weighted by Crippen LogP contribution is -2.38. The molecule has 0 unspecified atom stereocenters. The molecule has 1 aromatic carbocycles. The van der Waals surface area contributed by atoms with Crippen LogP contribution in [0.5, 0.6) is 5.75 Å². The van der Waals surface area contributed by atoms with Gasteiger partial charge in [-0.05, 0) is 37.5 Å². The normalized spacial score (nSPS) is 10.9. The zero-order chi connectivity index (χ0) is 17.2. The van der Waals surface area contributed by atoms with E-state index in [0.29, 0.717) is 0 Å². The number of methoxy groups -OCH3 is 1. The first kappa shape index (κ1) is 21.7. The van der Waals surface area contributed by atoms with Gasteiger partial charge in [0.15, 0.2) is 5.96 Å². The van der Waals surface area contributed by atoms with Gasteiger partial charge in [0.05, 0.1) is 12.1 Å². The van der Waals surface area contributed by atoms with Crippen LogP contribution in [0.3, 0.4) is 0 Å². The maximum atomic E-state index is 5.17. The highest BCUT2D eigenvalue weighted by Gasteiger charge is 2.01. The van der Waals surface area contributed by atoms with E-state index < -0.39 is 0 Å². The molecule has 25 heavy (non-hydrogen) atoms. The van der Waals surface area contributed by atoms with Gasteiger partial charge in [0.25, 0.3) is 0 Å². The van der Waals surface area contributed by atoms with E-state index >= 15 is 0 Å². The molecule has 5 nitrogen and oxygen atoms in total. The summed E-state index contributed by atoms with van der Waals surface area (Å²) in [7, 11) is 3.48. The Balaban J connectivity index is 0.00000312. The molecule has 0 atom stereocenters. The third-order valence-electron chi connectivity index (χ3n) is 3.62. The first-order valence-corrected chi connectivity index (χ1v) is 9.07. The number of thiazole rings is 1. The van der Waals surface area contributed by atoms with Gasteiger partial charge in [0, 0.05) is 37.6 Å². The number of aromatic nitrogens is 1. The monoisotopic (exact) mass is 474 g/mol. The number of aryl methyl sites for hydroxylation is 2. The fraction of sp³-hybridized carbons (Fsp3) is 0.444. The van der Waals surface area contributed by atoms with Crippen LogP contribution >= 0.6 is 35.3 Å². The standard InChI is InChI=1S/C18H26N4OS.HI/c1-14-13-24-17(22-14)5-4-11-20-18(19-2)21-12-10-15-6-8-16(23-3)9-7-15;/h6-9,13H,4-5,10-12H2,1-3H3,(H2,19,20,21);1H. The highest BCUT2D eigenvalue weighted by atomic mass is 127. The Morgan fingerprint density at radius 1 is 1.16 bits per heavy atom. The van der Waals surface area contributed by atoms with Crippen molar-refractivity contribution in [3.63, 3.8) is 0 Å². The Kier molecular flexibility index (Phi) is 10.5. The Morgan fingerprint density at radius 2 is 1.88 bits per heavy atom. The van der Waals surface area contributed by atoms with Crippen LogP contribution in [0.1, 0.15) is 22.7 Å². The molecule has 0 bridgehead atoms. The van der Waals surface area contributed by atoms with Crippen molar-refractivity contribution in [2.24, 2.45) is 4.99 Å². The van der Waals surface area contributed by atoms with E-state index in [1.165, 1.54) is 10.6 Å². The summed E-state index contributed by atoms with van der Waals surface area (Å²) in [6, 6.07) is 8.16. The SMILES string of the molecule is CN=C(NCCCc1nc(C)cs1)NCCc1ccc(OC)cc1.I. The number of nitrogens with zero attached hydrogens (tertiary/aromatic N) is 2. The van der Waals surface area contributed by atoms with Crippen LogP contribution < -0.4 is 15.4 Å². The third kappa shape index (κ3) is 8.04. The van der Waals surface area contributed by atoms with Crippen molar-refractivity contribution in [2.75, 3.05) is 27.2 Å². The molecule has 7 heteroatoms. The second-order valence-electron chi connectivity index (χ2n) is 5.51. The average molecular weight is 474 g/mol. The molecule has 138 valence electrons. The van der Waals surface area contributed by atoms with E-state index in [1.807, 2.05) is 19.1 Å². The van der Waals surface area contributed by atoms with E-state index in [9.17, 15) is 0 Å². The van der Waals surface area contributed by atoms with Gasteiger partial charge in [-0.3, -0.25) is 4.99 Å². The van der Waals surface area contributed by atoms with E-state index in [-0.39, 0.29) is 24.0 Å². The van der Waals surface area contributed by atoms with E-state index in [4.69, 9.17) is 4.74 Å². The number of rotatable bonds is 8. The van der Waals surface area contributed by atoms with Crippen LogP contribution in [0.4, 0.5) is 0 Å². The molecule has 2 N–H and O–H groups in total. The molecular formula is C18H27IN4OS. The molecule has 2 aromatic rings. The molecule has 0 aliphatic rings. The number of ether oxygens (including phenoxy) is 1. The highest BCUT2D eigenvalue weighted by Crippen LogP contribution is 2.11. The predicted octanol–water partition coefficient (Wildman–Crippen LogP) is 3.42. The van der Waals surface area contributed by atoms with Crippen molar-refractivity contribution in [3.8, 4) is 5.75 Å². The second kappa shape index (κ2) is 12.1. The van der Waals surface area contributed by atoms with Gasteiger partial charge in [-0.15, -0.1) is 35.3 Å². The molecule has 0 aliphatic heterocycles. The number of guanidine groups is 1. The van der Waals surface area contributed by atoms with Gasteiger partial charge in [-0.25, -0.2) is 4.98 Å². The summed E-state index contributed by atoms with van der Waals surface area (Å²) in [5, 5.41) is 10.00. The predicted molar refractivity (Wildman–Crippen MR) is 117 cm³/mol. The summed E-state index contributed by atoms with van der Waals surface area (Å²) in [5.41, 5.74) is 2.39. The maximum Gasteiger partial charge on any atom is 0.190 e. The number of benzene rings is 1. The molecule has 0 saturated carbocycles. The van der Waals surface area contributed by atoms with Crippen LogP contribution in [-0.2, 0) is 12.8 Å². The van der Waals surface area contributed by atoms with Gasteiger partial charge in [0.1, 0.15) is 5.75 Å². The molecule has 0 spiro atoms. The smallest absolute Gasteiger partial charge is 0.190 e.